The van der Waals surface area contributed by atoms with Crippen molar-refractivity contribution in [3.8, 4) is 0 Å². The molecular weight excluding hydrogens is 260 g/mol. The van der Waals surface area contributed by atoms with Crippen LogP contribution in [0.15, 0.2) is 0 Å². The van der Waals surface area contributed by atoms with Crippen LogP contribution in [0.3, 0.4) is 0 Å². The van der Waals surface area contributed by atoms with Crippen molar-refractivity contribution in [1.82, 2.24) is 15.0 Å². The lowest BCUT2D eigenvalue weighted by Crippen LogP contribution is -2.29. The highest BCUT2D eigenvalue weighted by Crippen LogP contribution is 2.24. The summed E-state index contributed by atoms with van der Waals surface area (Å²) in [4.78, 5) is 0.943. The minimum atomic E-state index is -2.98. The van der Waals surface area contributed by atoms with Crippen LogP contribution in [-0.2, 0) is 16.3 Å². The normalized spacial score (nSPS) is 13.8. The Balaban J connectivity index is 2.75. The van der Waals surface area contributed by atoms with E-state index in [-0.39, 0.29) is 11.8 Å². The molecule has 17 heavy (non-hydrogen) atoms. The molecule has 98 valence electrons. The van der Waals surface area contributed by atoms with Gasteiger partial charge in [0.1, 0.15) is 9.84 Å². The minimum Gasteiger partial charge on any atom is -0.271 e. The van der Waals surface area contributed by atoms with Crippen molar-refractivity contribution in [2.24, 2.45) is 5.84 Å². The molecule has 0 aliphatic heterocycles. The number of hydrazine groups is 1. The Morgan fingerprint density at radius 3 is 2.76 bits per heavy atom. The number of nitrogens with zero attached hydrogens (tertiary/aromatic N) is 2. The van der Waals surface area contributed by atoms with E-state index in [1.165, 1.54) is 17.8 Å². The molecule has 1 atom stereocenters. The average Bonchev–Trinajstić information content (AvgIpc) is 2.66. The van der Waals surface area contributed by atoms with Gasteiger partial charge < -0.3 is 0 Å². The van der Waals surface area contributed by atoms with E-state index in [0.29, 0.717) is 6.42 Å². The highest BCUT2D eigenvalue weighted by atomic mass is 32.2. The predicted octanol–water partition coefficient (Wildman–Crippen LogP) is 0.430. The Kier molecular flexibility index (Phi) is 5.44. The number of sulfone groups is 1. The van der Waals surface area contributed by atoms with Crippen LogP contribution < -0.4 is 11.3 Å². The van der Waals surface area contributed by atoms with E-state index in [1.54, 1.807) is 0 Å². The Labute approximate surface area is 106 Å². The third-order valence-corrected chi connectivity index (χ3v) is 4.22. The summed E-state index contributed by atoms with van der Waals surface area (Å²) in [5.41, 5.74) is 3.55. The van der Waals surface area contributed by atoms with Crippen LogP contribution in [0.2, 0.25) is 0 Å². The summed E-state index contributed by atoms with van der Waals surface area (Å²) in [6.07, 6.45) is 3.47. The van der Waals surface area contributed by atoms with E-state index in [2.05, 4.69) is 21.9 Å². The van der Waals surface area contributed by atoms with Gasteiger partial charge in [-0.25, -0.2) is 8.42 Å². The molecule has 0 amide bonds. The summed E-state index contributed by atoms with van der Waals surface area (Å²) in [7, 11) is -2.98. The van der Waals surface area contributed by atoms with E-state index >= 15 is 0 Å². The molecule has 6 nitrogen and oxygen atoms in total. The summed E-state index contributed by atoms with van der Waals surface area (Å²) in [6.45, 7) is 2.06. The maximum Gasteiger partial charge on any atom is 0.147 e. The maximum atomic E-state index is 11.1. The summed E-state index contributed by atoms with van der Waals surface area (Å²) < 4.78 is 26.2. The third-order valence-electron chi connectivity index (χ3n) is 2.37. The molecule has 0 aliphatic carbocycles. The molecule has 0 saturated heterocycles. The molecule has 0 fully saturated rings. The van der Waals surface area contributed by atoms with E-state index in [0.717, 1.165) is 23.4 Å². The second-order valence-corrected chi connectivity index (χ2v) is 7.02. The lowest BCUT2D eigenvalue weighted by atomic mass is 10.1. The van der Waals surface area contributed by atoms with Crippen molar-refractivity contribution in [3.63, 3.8) is 0 Å². The quantitative estimate of drug-likeness (QED) is 0.554. The largest absolute Gasteiger partial charge is 0.271 e. The van der Waals surface area contributed by atoms with Crippen molar-refractivity contribution in [3.05, 3.63) is 10.6 Å². The smallest absolute Gasteiger partial charge is 0.147 e. The summed E-state index contributed by atoms with van der Waals surface area (Å²) in [6, 6.07) is -0.189. The second-order valence-electron chi connectivity index (χ2n) is 3.97. The summed E-state index contributed by atoms with van der Waals surface area (Å²) in [5.74, 6) is 5.57. The molecule has 0 spiro atoms. The van der Waals surface area contributed by atoms with Crippen LogP contribution in [0.1, 0.15) is 36.4 Å². The first-order valence-electron chi connectivity index (χ1n) is 5.43. The van der Waals surface area contributed by atoms with Crippen molar-refractivity contribution in [1.29, 1.82) is 0 Å². The molecule has 8 heteroatoms. The zero-order valence-corrected chi connectivity index (χ0v) is 11.6. The van der Waals surface area contributed by atoms with Gasteiger partial charge in [0.25, 0.3) is 0 Å². The van der Waals surface area contributed by atoms with Crippen LogP contribution in [0.4, 0.5) is 0 Å². The standard InChI is InChI=1S/C9H18N4O2S2/c1-3-4-8-9(16-13-12-8)7(11-10)5-6-17(2,14)15/h7,11H,3-6,10H2,1-2H3. The number of hydrogen-bond donors (Lipinski definition) is 2. The molecular formula is C9H18N4O2S2. The van der Waals surface area contributed by atoms with E-state index in [9.17, 15) is 8.42 Å². The Morgan fingerprint density at radius 1 is 1.53 bits per heavy atom. The lowest BCUT2D eigenvalue weighted by Gasteiger charge is -2.14. The number of hydrogen-bond acceptors (Lipinski definition) is 7. The van der Waals surface area contributed by atoms with Crippen molar-refractivity contribution in [2.75, 3.05) is 12.0 Å². The highest BCUT2D eigenvalue weighted by molar-refractivity contribution is 7.90. The fourth-order valence-corrected chi connectivity index (χ4v) is 2.97. The molecule has 0 bridgehead atoms. The summed E-state index contributed by atoms with van der Waals surface area (Å²) in [5, 5.41) is 4.04. The second kappa shape index (κ2) is 6.39. The van der Waals surface area contributed by atoms with Gasteiger partial charge >= 0.3 is 0 Å². The molecule has 1 heterocycles. The van der Waals surface area contributed by atoms with Gasteiger partial charge in [0.2, 0.25) is 0 Å². The molecule has 0 radical (unpaired) electrons. The summed E-state index contributed by atoms with van der Waals surface area (Å²) >= 11 is 1.27. The monoisotopic (exact) mass is 278 g/mol. The third kappa shape index (κ3) is 4.66. The lowest BCUT2D eigenvalue weighted by molar-refractivity contribution is 0.533. The first kappa shape index (κ1) is 14.5. The number of aryl methyl sites for hydroxylation is 1. The molecule has 1 unspecified atom stereocenters. The highest BCUT2D eigenvalue weighted by Gasteiger charge is 2.19. The van der Waals surface area contributed by atoms with Crippen LogP contribution in [0.5, 0.6) is 0 Å². The van der Waals surface area contributed by atoms with E-state index < -0.39 is 9.84 Å². The number of nitrogens with one attached hydrogen (secondary N) is 1. The van der Waals surface area contributed by atoms with Gasteiger partial charge in [-0.05, 0) is 24.4 Å². The van der Waals surface area contributed by atoms with E-state index in [4.69, 9.17) is 5.84 Å². The predicted molar refractivity (Wildman–Crippen MR) is 68.3 cm³/mol. The zero-order valence-electron chi connectivity index (χ0n) is 10.0. The van der Waals surface area contributed by atoms with Crippen molar-refractivity contribution < 1.29 is 8.42 Å². The number of rotatable bonds is 7. The molecule has 0 aromatic carbocycles. The SMILES string of the molecule is CCCc1nnsc1C(CCS(C)(=O)=O)NN. The fourth-order valence-electron chi connectivity index (χ4n) is 1.51. The zero-order chi connectivity index (χ0) is 12.9. The minimum absolute atomic E-state index is 0.103. The molecule has 1 aromatic rings. The van der Waals surface area contributed by atoms with Crippen LogP contribution in [0, 0.1) is 0 Å². The van der Waals surface area contributed by atoms with Gasteiger partial charge in [-0.2, -0.15) is 0 Å². The van der Waals surface area contributed by atoms with Gasteiger partial charge in [-0.15, -0.1) is 5.10 Å². The van der Waals surface area contributed by atoms with Gasteiger partial charge in [0, 0.05) is 6.26 Å². The average molecular weight is 278 g/mol. The molecule has 1 rings (SSSR count). The Bertz CT molecular complexity index is 444. The topological polar surface area (TPSA) is 98.0 Å². The first-order valence-corrected chi connectivity index (χ1v) is 8.26. The van der Waals surface area contributed by atoms with Crippen molar-refractivity contribution in [2.45, 2.75) is 32.2 Å². The fraction of sp³-hybridized carbons (Fsp3) is 0.778. The number of aromatic nitrogens is 2. The van der Waals surface area contributed by atoms with Crippen LogP contribution in [0.25, 0.3) is 0 Å². The molecule has 3 N–H and O–H groups in total. The van der Waals surface area contributed by atoms with Gasteiger partial charge in [-0.1, -0.05) is 17.8 Å². The number of nitrogens with two attached hydrogens (primary N) is 1. The molecule has 0 saturated carbocycles. The van der Waals surface area contributed by atoms with Gasteiger partial charge in [0.15, 0.2) is 0 Å². The van der Waals surface area contributed by atoms with Gasteiger partial charge in [0.05, 0.1) is 22.4 Å². The van der Waals surface area contributed by atoms with Gasteiger partial charge in [-0.3, -0.25) is 11.3 Å². The van der Waals surface area contributed by atoms with Crippen LogP contribution in [-0.4, -0.2) is 30.0 Å². The Morgan fingerprint density at radius 2 is 2.24 bits per heavy atom. The molecule has 1 aromatic heterocycles. The molecule has 0 aliphatic rings. The Hall–Kier alpha value is -0.570. The van der Waals surface area contributed by atoms with E-state index in [1.807, 2.05) is 0 Å². The first-order chi connectivity index (χ1) is 7.98. The van der Waals surface area contributed by atoms with Crippen molar-refractivity contribution >= 4 is 21.4 Å². The van der Waals surface area contributed by atoms with Crippen LogP contribution >= 0.6 is 11.5 Å². The maximum absolute atomic E-state index is 11.1.